The molecule has 1 N–H and O–H groups in total. The molecule has 1 aromatic rings. The molecule has 0 spiro atoms. The van der Waals surface area contributed by atoms with Crippen LogP contribution < -0.4 is 9.47 Å². The average Bonchev–Trinajstić information content (AvgIpc) is 2.54. The van der Waals surface area contributed by atoms with Crippen LogP contribution in [0, 0.1) is 10.1 Å². The lowest BCUT2D eigenvalue weighted by molar-refractivity contribution is -0.386. The van der Waals surface area contributed by atoms with Gasteiger partial charge in [-0.2, -0.15) is 0 Å². The molecule has 0 bridgehead atoms. The van der Waals surface area contributed by atoms with Gasteiger partial charge in [0.25, 0.3) is 0 Å². The van der Waals surface area contributed by atoms with E-state index in [9.17, 15) is 15.2 Å². The van der Waals surface area contributed by atoms with Crippen LogP contribution in [-0.4, -0.2) is 23.7 Å². The van der Waals surface area contributed by atoms with Crippen molar-refractivity contribution in [2.75, 3.05) is 13.7 Å². The molecular weight excluding hydrogens is 298 g/mol. The Labute approximate surface area is 137 Å². The number of aliphatic hydroxyl groups is 1. The Hall–Kier alpha value is -1.82. The third kappa shape index (κ3) is 5.71. The summed E-state index contributed by atoms with van der Waals surface area (Å²) >= 11 is 0. The minimum Gasteiger partial charge on any atom is -0.493 e. The minimum absolute atomic E-state index is 0.140. The lowest BCUT2D eigenvalue weighted by Gasteiger charge is -2.15. The van der Waals surface area contributed by atoms with E-state index in [1.54, 1.807) is 6.07 Å². The molecule has 23 heavy (non-hydrogen) atoms. The van der Waals surface area contributed by atoms with Crippen molar-refractivity contribution in [3.8, 4) is 11.5 Å². The Bertz CT molecular complexity index is 504. The van der Waals surface area contributed by atoms with Crippen molar-refractivity contribution < 1.29 is 19.5 Å². The van der Waals surface area contributed by atoms with E-state index in [1.165, 1.54) is 13.2 Å². The van der Waals surface area contributed by atoms with Crippen LogP contribution in [0.15, 0.2) is 12.1 Å². The van der Waals surface area contributed by atoms with Gasteiger partial charge in [0, 0.05) is 6.07 Å². The quantitative estimate of drug-likeness (QED) is 0.370. The zero-order chi connectivity index (χ0) is 17.2. The first-order valence-corrected chi connectivity index (χ1v) is 8.22. The van der Waals surface area contributed by atoms with Crippen LogP contribution in [0.1, 0.15) is 64.0 Å². The van der Waals surface area contributed by atoms with Crippen LogP contribution in [0.5, 0.6) is 11.5 Å². The number of nitrogens with zero attached hydrogens (tertiary/aromatic N) is 1. The largest absolute Gasteiger partial charge is 0.493 e. The van der Waals surface area contributed by atoms with Gasteiger partial charge in [-0.05, 0) is 24.5 Å². The molecule has 0 radical (unpaired) electrons. The standard InChI is InChI=1S/C17H27NO5/c1-4-6-7-8-10-23-17-14(18(20)21)11-13(12-16(17)22-3)15(19)9-5-2/h11-12,15,19H,4-10H2,1-3H3. The van der Waals surface area contributed by atoms with Crippen molar-refractivity contribution in [2.45, 2.75) is 58.5 Å². The minimum atomic E-state index is -0.744. The number of hydrogen-bond donors (Lipinski definition) is 1. The zero-order valence-corrected chi connectivity index (χ0v) is 14.2. The van der Waals surface area contributed by atoms with Crippen LogP contribution in [0.4, 0.5) is 5.69 Å². The molecule has 1 aromatic carbocycles. The summed E-state index contributed by atoms with van der Waals surface area (Å²) in [6.45, 7) is 4.48. The van der Waals surface area contributed by atoms with E-state index in [4.69, 9.17) is 9.47 Å². The van der Waals surface area contributed by atoms with E-state index < -0.39 is 11.0 Å². The first-order valence-electron chi connectivity index (χ1n) is 8.22. The van der Waals surface area contributed by atoms with Gasteiger partial charge in [0.15, 0.2) is 5.75 Å². The highest BCUT2D eigenvalue weighted by Gasteiger charge is 2.24. The van der Waals surface area contributed by atoms with Gasteiger partial charge in [0.05, 0.1) is 24.7 Å². The predicted molar refractivity (Wildman–Crippen MR) is 89.2 cm³/mol. The third-order valence-corrected chi connectivity index (χ3v) is 3.67. The summed E-state index contributed by atoms with van der Waals surface area (Å²) < 4.78 is 10.9. The Kier molecular flexibility index (Phi) is 8.40. The molecule has 1 rings (SSSR count). The number of nitro benzene ring substituents is 1. The molecule has 0 aliphatic carbocycles. The SMILES string of the molecule is CCCCCCOc1c(OC)cc(C(O)CCC)cc1[N+](=O)[O-]. The van der Waals surface area contributed by atoms with Crippen LogP contribution in [-0.2, 0) is 0 Å². The number of unbranched alkanes of at least 4 members (excludes halogenated alkanes) is 3. The molecule has 6 heteroatoms. The molecule has 0 fully saturated rings. The molecular formula is C17H27NO5. The van der Waals surface area contributed by atoms with E-state index in [1.807, 2.05) is 6.92 Å². The van der Waals surface area contributed by atoms with Crippen molar-refractivity contribution >= 4 is 5.69 Å². The molecule has 0 aliphatic rings. The molecule has 0 aliphatic heterocycles. The summed E-state index contributed by atoms with van der Waals surface area (Å²) in [5, 5.41) is 21.4. The molecule has 0 amide bonds. The van der Waals surface area contributed by atoms with Crippen molar-refractivity contribution in [1.29, 1.82) is 0 Å². The van der Waals surface area contributed by atoms with Gasteiger partial charge in [0.1, 0.15) is 0 Å². The molecule has 0 saturated carbocycles. The number of ether oxygens (including phenoxy) is 2. The molecule has 6 nitrogen and oxygen atoms in total. The van der Waals surface area contributed by atoms with Crippen molar-refractivity contribution in [2.24, 2.45) is 0 Å². The van der Waals surface area contributed by atoms with Gasteiger partial charge >= 0.3 is 5.69 Å². The van der Waals surface area contributed by atoms with Crippen LogP contribution in [0.25, 0.3) is 0 Å². The number of hydrogen-bond acceptors (Lipinski definition) is 5. The highest BCUT2D eigenvalue weighted by atomic mass is 16.6. The highest BCUT2D eigenvalue weighted by molar-refractivity contribution is 5.58. The Morgan fingerprint density at radius 2 is 1.96 bits per heavy atom. The van der Waals surface area contributed by atoms with E-state index >= 15 is 0 Å². The van der Waals surface area contributed by atoms with Crippen LogP contribution >= 0.6 is 0 Å². The fraction of sp³-hybridized carbons (Fsp3) is 0.647. The molecule has 0 heterocycles. The second kappa shape index (κ2) is 10.0. The Morgan fingerprint density at radius 3 is 2.52 bits per heavy atom. The summed E-state index contributed by atoms with van der Waals surface area (Å²) in [6, 6.07) is 3.00. The monoisotopic (exact) mass is 325 g/mol. The predicted octanol–water partition coefficient (Wildman–Crippen LogP) is 4.40. The lowest BCUT2D eigenvalue weighted by Crippen LogP contribution is -2.05. The fourth-order valence-corrected chi connectivity index (χ4v) is 2.38. The van der Waals surface area contributed by atoms with Crippen molar-refractivity contribution in [1.82, 2.24) is 0 Å². The number of aliphatic hydroxyl groups excluding tert-OH is 1. The summed E-state index contributed by atoms with van der Waals surface area (Å²) in [7, 11) is 1.44. The highest BCUT2D eigenvalue weighted by Crippen LogP contribution is 2.40. The van der Waals surface area contributed by atoms with Crippen molar-refractivity contribution in [3.63, 3.8) is 0 Å². The molecule has 1 unspecified atom stereocenters. The van der Waals surface area contributed by atoms with E-state index in [2.05, 4.69) is 6.92 Å². The Morgan fingerprint density at radius 1 is 1.22 bits per heavy atom. The van der Waals surface area contributed by atoms with E-state index in [0.29, 0.717) is 24.3 Å². The number of rotatable bonds is 11. The molecule has 0 saturated heterocycles. The third-order valence-electron chi connectivity index (χ3n) is 3.67. The summed E-state index contributed by atoms with van der Waals surface area (Å²) in [5.74, 6) is 0.432. The van der Waals surface area contributed by atoms with Crippen molar-refractivity contribution in [3.05, 3.63) is 27.8 Å². The van der Waals surface area contributed by atoms with Gasteiger partial charge < -0.3 is 14.6 Å². The number of benzene rings is 1. The van der Waals surface area contributed by atoms with E-state index in [0.717, 1.165) is 32.1 Å². The van der Waals surface area contributed by atoms with Crippen LogP contribution in [0.2, 0.25) is 0 Å². The molecule has 1 atom stereocenters. The summed E-state index contributed by atoms with van der Waals surface area (Å²) in [4.78, 5) is 10.9. The maximum Gasteiger partial charge on any atom is 0.315 e. The van der Waals surface area contributed by atoms with Gasteiger partial charge in [0.2, 0.25) is 5.75 Å². The van der Waals surface area contributed by atoms with Gasteiger partial charge in [-0.15, -0.1) is 0 Å². The first-order chi connectivity index (χ1) is 11.0. The summed E-state index contributed by atoms with van der Waals surface area (Å²) in [6.07, 6.45) is 4.68. The summed E-state index contributed by atoms with van der Waals surface area (Å²) in [5.41, 5.74) is 0.318. The second-order valence-corrected chi connectivity index (χ2v) is 5.54. The second-order valence-electron chi connectivity index (χ2n) is 5.54. The molecule has 130 valence electrons. The smallest absolute Gasteiger partial charge is 0.315 e. The fourth-order valence-electron chi connectivity index (χ4n) is 2.38. The van der Waals surface area contributed by atoms with E-state index in [-0.39, 0.29) is 11.4 Å². The maximum absolute atomic E-state index is 11.3. The van der Waals surface area contributed by atoms with Crippen LogP contribution in [0.3, 0.4) is 0 Å². The average molecular weight is 325 g/mol. The number of methoxy groups -OCH3 is 1. The normalized spacial score (nSPS) is 12.0. The topological polar surface area (TPSA) is 81.8 Å². The first kappa shape index (κ1) is 19.2. The van der Waals surface area contributed by atoms with Gasteiger partial charge in [-0.25, -0.2) is 0 Å². The maximum atomic E-state index is 11.3. The number of nitro groups is 1. The Balaban J connectivity index is 3.00. The molecule has 0 aromatic heterocycles. The zero-order valence-electron chi connectivity index (χ0n) is 14.2. The lowest BCUT2D eigenvalue weighted by atomic mass is 10.0. The van der Waals surface area contributed by atoms with Gasteiger partial charge in [-0.1, -0.05) is 39.5 Å². The van der Waals surface area contributed by atoms with Gasteiger partial charge in [-0.3, -0.25) is 10.1 Å².